The molecule has 0 saturated heterocycles. The van der Waals surface area contributed by atoms with Gasteiger partial charge >= 0.3 is 12.0 Å². The van der Waals surface area contributed by atoms with Gasteiger partial charge in [-0.1, -0.05) is 24.3 Å². The number of halogens is 1. The zero-order valence-electron chi connectivity index (χ0n) is 16.8. The maximum Gasteiger partial charge on any atom is 0.346 e. The largest absolute Gasteiger partial charge is 0.481 e. The molecule has 0 aliphatic heterocycles. The molecule has 31 heavy (non-hydrogen) atoms. The summed E-state index contributed by atoms with van der Waals surface area (Å²) < 4.78 is 14.9. The van der Waals surface area contributed by atoms with Gasteiger partial charge in [-0.2, -0.15) is 4.68 Å². The molecule has 0 spiro atoms. The molecular weight excluding hydrogens is 399 g/mol. The third-order valence-corrected chi connectivity index (χ3v) is 5.64. The third kappa shape index (κ3) is 4.91. The normalized spacial score (nSPS) is 18.4. The molecule has 1 aromatic heterocycles. The van der Waals surface area contributed by atoms with Crippen molar-refractivity contribution in [1.29, 1.82) is 0 Å². The van der Waals surface area contributed by atoms with Crippen molar-refractivity contribution in [2.75, 3.05) is 10.6 Å². The van der Waals surface area contributed by atoms with E-state index in [4.69, 9.17) is 5.11 Å². The number of aromatic nitrogens is 2. The van der Waals surface area contributed by atoms with E-state index in [0.717, 1.165) is 23.1 Å². The number of carboxylic acids is 1. The number of hydrogen-bond donors (Lipinski definition) is 3. The molecule has 2 aromatic carbocycles. The van der Waals surface area contributed by atoms with Crippen LogP contribution in [0.1, 0.15) is 37.2 Å². The predicted molar refractivity (Wildman–Crippen MR) is 115 cm³/mol. The summed E-state index contributed by atoms with van der Waals surface area (Å²) in [5.41, 5.74) is 2.06. The number of nitrogens with zero attached hydrogens (tertiary/aromatic N) is 2. The van der Waals surface area contributed by atoms with Gasteiger partial charge in [-0.3, -0.25) is 4.79 Å². The zero-order valence-corrected chi connectivity index (χ0v) is 16.8. The quantitative estimate of drug-likeness (QED) is 0.525. The number of carbonyl (C=O) groups excluding carboxylic acids is 1. The summed E-state index contributed by atoms with van der Waals surface area (Å²) in [6, 6.07) is 15.0. The minimum absolute atomic E-state index is 0.235. The molecule has 1 saturated carbocycles. The molecule has 0 atom stereocenters. The summed E-state index contributed by atoms with van der Waals surface area (Å²) >= 11 is 0. The Hall–Kier alpha value is -3.68. The van der Waals surface area contributed by atoms with Crippen molar-refractivity contribution in [1.82, 2.24) is 9.78 Å². The van der Waals surface area contributed by atoms with E-state index in [1.807, 2.05) is 24.3 Å². The molecule has 3 aromatic rings. The number of rotatable bonds is 5. The van der Waals surface area contributed by atoms with Gasteiger partial charge in [0.2, 0.25) is 0 Å². The number of nitrogens with one attached hydrogen (secondary N) is 2. The summed E-state index contributed by atoms with van der Waals surface area (Å²) in [5.74, 6) is -0.645. The van der Waals surface area contributed by atoms with Crippen LogP contribution < -0.4 is 10.6 Å². The van der Waals surface area contributed by atoms with Gasteiger partial charge in [0.1, 0.15) is 5.82 Å². The fraction of sp³-hybridized carbons (Fsp3) is 0.261. The summed E-state index contributed by atoms with van der Waals surface area (Å²) in [4.78, 5) is 23.6. The molecule has 1 fully saturated rings. The van der Waals surface area contributed by atoms with E-state index >= 15 is 0 Å². The number of anilines is 3. The lowest BCUT2D eigenvalue weighted by atomic mass is 9.79. The van der Waals surface area contributed by atoms with Crippen LogP contribution in [0.5, 0.6) is 0 Å². The fourth-order valence-corrected chi connectivity index (χ4v) is 3.90. The first-order valence-electron chi connectivity index (χ1n) is 10.2. The number of carbonyl (C=O) groups is 2. The first-order valence-corrected chi connectivity index (χ1v) is 10.2. The lowest BCUT2D eigenvalue weighted by molar-refractivity contribution is -0.142. The van der Waals surface area contributed by atoms with Crippen LogP contribution in [0.25, 0.3) is 0 Å². The number of aliphatic carboxylic acids is 1. The van der Waals surface area contributed by atoms with Crippen LogP contribution in [0.2, 0.25) is 0 Å². The molecule has 3 N–H and O–H groups in total. The molecule has 0 radical (unpaired) electrons. The fourth-order valence-electron chi connectivity index (χ4n) is 3.90. The molecule has 8 heteroatoms. The van der Waals surface area contributed by atoms with E-state index in [-0.39, 0.29) is 11.6 Å². The minimum Gasteiger partial charge on any atom is -0.481 e. The molecular formula is C23H23FN4O3. The summed E-state index contributed by atoms with van der Waals surface area (Å²) in [5, 5.41) is 18.9. The third-order valence-electron chi connectivity index (χ3n) is 5.64. The first-order chi connectivity index (χ1) is 15.0. The van der Waals surface area contributed by atoms with E-state index in [1.54, 1.807) is 24.3 Å². The lowest BCUT2D eigenvalue weighted by Gasteiger charge is -2.26. The van der Waals surface area contributed by atoms with E-state index in [0.29, 0.717) is 30.3 Å². The van der Waals surface area contributed by atoms with Crippen LogP contribution in [0.4, 0.5) is 26.4 Å². The molecule has 7 nitrogen and oxygen atoms in total. The second kappa shape index (κ2) is 8.99. The Morgan fingerprint density at radius 2 is 1.71 bits per heavy atom. The minimum atomic E-state index is -0.706. The Kier molecular flexibility index (Phi) is 5.97. The van der Waals surface area contributed by atoms with Crippen molar-refractivity contribution in [3.05, 3.63) is 72.2 Å². The van der Waals surface area contributed by atoms with Gasteiger partial charge in [0.15, 0.2) is 5.82 Å². The number of carboxylic acid groups (broad SMARTS) is 1. The summed E-state index contributed by atoms with van der Waals surface area (Å²) in [7, 11) is 0. The molecule has 0 bridgehead atoms. The molecule has 1 heterocycles. The number of para-hydroxylation sites is 1. The van der Waals surface area contributed by atoms with E-state index in [9.17, 15) is 14.0 Å². The Balaban J connectivity index is 1.34. The Morgan fingerprint density at radius 1 is 1.00 bits per heavy atom. The van der Waals surface area contributed by atoms with Crippen LogP contribution in [0.15, 0.2) is 60.8 Å². The Bertz CT molecular complexity index is 1070. The molecule has 1 aliphatic rings. The Morgan fingerprint density at radius 3 is 2.39 bits per heavy atom. The molecule has 160 valence electrons. The van der Waals surface area contributed by atoms with Crippen LogP contribution in [0.3, 0.4) is 0 Å². The van der Waals surface area contributed by atoms with Crippen LogP contribution in [-0.2, 0) is 4.79 Å². The lowest BCUT2D eigenvalue weighted by Crippen LogP contribution is -2.21. The van der Waals surface area contributed by atoms with Crippen LogP contribution in [-0.4, -0.2) is 26.9 Å². The smallest absolute Gasteiger partial charge is 0.346 e. The monoisotopic (exact) mass is 422 g/mol. The van der Waals surface area contributed by atoms with Gasteiger partial charge in [-0.05, 0) is 61.4 Å². The van der Waals surface area contributed by atoms with E-state index in [1.165, 1.54) is 12.3 Å². The summed E-state index contributed by atoms with van der Waals surface area (Å²) in [6.07, 6.45) is 4.59. The predicted octanol–water partition coefficient (Wildman–Crippen LogP) is 5.20. The van der Waals surface area contributed by atoms with Crippen molar-refractivity contribution in [3.8, 4) is 0 Å². The highest BCUT2D eigenvalue weighted by Crippen LogP contribution is 2.36. The van der Waals surface area contributed by atoms with Crippen LogP contribution in [0, 0.1) is 11.7 Å². The van der Waals surface area contributed by atoms with E-state index in [2.05, 4.69) is 15.7 Å². The standard InChI is InChI=1S/C23H23FN4O3/c24-19-3-1-2-4-20(19)26-21-13-14-28(27-21)23(31)25-18-11-9-16(10-12-18)15-5-7-17(8-6-15)22(29)30/h1-4,9-15,17H,5-8H2,(H,25,31)(H,26,27)(H,29,30). The number of benzene rings is 2. The number of amides is 1. The highest BCUT2D eigenvalue weighted by atomic mass is 19.1. The highest BCUT2D eigenvalue weighted by molar-refractivity contribution is 5.90. The van der Waals surface area contributed by atoms with Crippen molar-refractivity contribution in [2.24, 2.45) is 5.92 Å². The van der Waals surface area contributed by atoms with Crippen molar-refractivity contribution < 1.29 is 19.1 Å². The highest BCUT2D eigenvalue weighted by Gasteiger charge is 2.26. The molecule has 1 aliphatic carbocycles. The average Bonchev–Trinajstić information content (AvgIpc) is 3.25. The van der Waals surface area contributed by atoms with Crippen molar-refractivity contribution in [3.63, 3.8) is 0 Å². The number of hydrogen-bond acceptors (Lipinski definition) is 4. The maximum absolute atomic E-state index is 13.7. The van der Waals surface area contributed by atoms with Crippen molar-refractivity contribution >= 4 is 29.2 Å². The molecule has 1 amide bonds. The molecule has 4 rings (SSSR count). The average molecular weight is 422 g/mol. The van der Waals surface area contributed by atoms with Gasteiger partial charge in [-0.15, -0.1) is 5.10 Å². The van der Waals surface area contributed by atoms with Gasteiger partial charge in [0.05, 0.1) is 11.6 Å². The van der Waals surface area contributed by atoms with Gasteiger partial charge in [0.25, 0.3) is 0 Å². The van der Waals surface area contributed by atoms with E-state index < -0.39 is 17.8 Å². The van der Waals surface area contributed by atoms with Crippen LogP contribution >= 0.6 is 0 Å². The maximum atomic E-state index is 13.7. The topological polar surface area (TPSA) is 96.3 Å². The summed E-state index contributed by atoms with van der Waals surface area (Å²) in [6.45, 7) is 0. The SMILES string of the molecule is O=C(O)C1CCC(c2ccc(NC(=O)n3ccc(Nc4ccccc4F)n3)cc2)CC1. The first kappa shape index (κ1) is 20.6. The second-order valence-electron chi connectivity index (χ2n) is 7.69. The van der Waals surface area contributed by atoms with Gasteiger partial charge in [-0.25, -0.2) is 9.18 Å². The zero-order chi connectivity index (χ0) is 21.8. The molecule has 0 unspecified atom stereocenters. The van der Waals surface area contributed by atoms with Gasteiger partial charge < -0.3 is 15.7 Å². The van der Waals surface area contributed by atoms with Crippen molar-refractivity contribution in [2.45, 2.75) is 31.6 Å². The van der Waals surface area contributed by atoms with Gasteiger partial charge in [0, 0.05) is 18.0 Å². The second-order valence-corrected chi connectivity index (χ2v) is 7.69. The Labute approximate surface area is 178 Å².